The Bertz CT molecular complexity index is 636. The number of carboxylic acid groups (broad SMARTS) is 1. The number of aromatic carboxylic acids is 1. The second kappa shape index (κ2) is 6.45. The minimum Gasteiger partial charge on any atom is -0.476 e. The maximum absolute atomic E-state index is 12.8. The molecule has 5 nitrogen and oxygen atoms in total. The van der Waals surface area contributed by atoms with Crippen molar-refractivity contribution in [2.75, 3.05) is 11.9 Å². The summed E-state index contributed by atoms with van der Waals surface area (Å²) in [6.45, 7) is 1.82. The Morgan fingerprint density at radius 3 is 2.52 bits per heavy atom. The van der Waals surface area contributed by atoms with E-state index < -0.39 is 5.97 Å². The van der Waals surface area contributed by atoms with Gasteiger partial charge in [-0.25, -0.2) is 14.2 Å². The lowest BCUT2D eigenvalue weighted by Crippen LogP contribution is -2.06. The number of hydrogen-bond donors (Lipinski definition) is 2. The molecule has 2 rings (SSSR count). The number of thiazole rings is 1. The lowest BCUT2D eigenvalue weighted by atomic mass is 10.1. The summed E-state index contributed by atoms with van der Waals surface area (Å²) in [5.41, 5.74) is 0.725. The van der Waals surface area contributed by atoms with Gasteiger partial charge in [-0.3, -0.25) is 4.79 Å². The van der Waals surface area contributed by atoms with Crippen LogP contribution in [0, 0.1) is 5.82 Å². The van der Waals surface area contributed by atoms with E-state index in [2.05, 4.69) is 10.3 Å². The van der Waals surface area contributed by atoms with Crippen LogP contribution >= 0.6 is 11.3 Å². The molecule has 0 bridgehead atoms. The van der Waals surface area contributed by atoms with Gasteiger partial charge in [-0.1, -0.05) is 23.5 Å². The van der Waals surface area contributed by atoms with Crippen LogP contribution in [0.1, 0.15) is 32.6 Å². The molecule has 0 saturated heterocycles. The van der Waals surface area contributed by atoms with E-state index in [1.54, 1.807) is 12.1 Å². The van der Waals surface area contributed by atoms with Gasteiger partial charge in [0.1, 0.15) is 10.7 Å². The maximum Gasteiger partial charge on any atom is 0.356 e. The summed E-state index contributed by atoms with van der Waals surface area (Å²) in [5, 5.41) is 12.4. The number of rotatable bonds is 6. The molecule has 0 radical (unpaired) electrons. The molecule has 0 saturated carbocycles. The van der Waals surface area contributed by atoms with Crippen LogP contribution in [-0.2, 0) is 6.42 Å². The molecule has 0 amide bonds. The Labute approximate surface area is 124 Å². The Balaban J connectivity index is 2.00. The molecule has 21 heavy (non-hydrogen) atoms. The van der Waals surface area contributed by atoms with E-state index in [1.807, 2.05) is 0 Å². The first-order valence-electron chi connectivity index (χ1n) is 6.20. The first-order chi connectivity index (χ1) is 9.97. The minimum absolute atomic E-state index is 0.131. The molecule has 0 fully saturated rings. The predicted molar refractivity (Wildman–Crippen MR) is 77.7 cm³/mol. The van der Waals surface area contributed by atoms with Gasteiger partial charge < -0.3 is 10.4 Å². The summed E-state index contributed by atoms with van der Waals surface area (Å²) in [5.74, 6) is -1.83. The summed E-state index contributed by atoms with van der Waals surface area (Å²) < 4.78 is 12.8. The van der Waals surface area contributed by atoms with Gasteiger partial charge in [0.05, 0.1) is 0 Å². The zero-order valence-corrected chi connectivity index (χ0v) is 12.0. The molecule has 0 aliphatic carbocycles. The van der Waals surface area contributed by atoms with Crippen LogP contribution in [0.25, 0.3) is 0 Å². The average Bonchev–Trinajstić information content (AvgIpc) is 2.86. The van der Waals surface area contributed by atoms with Gasteiger partial charge in [-0.05, 0) is 24.1 Å². The molecule has 0 atom stereocenters. The lowest BCUT2D eigenvalue weighted by Gasteiger charge is -2.02. The van der Waals surface area contributed by atoms with Crippen molar-refractivity contribution in [2.24, 2.45) is 0 Å². The molecule has 2 N–H and O–H groups in total. The molecular formula is C14H13FN2O3S. The van der Waals surface area contributed by atoms with E-state index in [0.717, 1.165) is 16.9 Å². The standard InChI is InChI=1S/C14H13FN2O3S/c1-8(18)12-11(13(19)20)17-14(21-12)16-7-6-9-2-4-10(15)5-3-9/h2-5H,6-7H2,1H3,(H,16,17)(H,19,20). The third kappa shape index (κ3) is 3.85. The second-order valence-electron chi connectivity index (χ2n) is 4.36. The number of benzene rings is 1. The highest BCUT2D eigenvalue weighted by Gasteiger charge is 2.20. The normalized spacial score (nSPS) is 10.4. The van der Waals surface area contributed by atoms with Crippen molar-refractivity contribution in [1.82, 2.24) is 4.98 Å². The van der Waals surface area contributed by atoms with Gasteiger partial charge in [0.25, 0.3) is 0 Å². The fourth-order valence-corrected chi connectivity index (χ4v) is 2.62. The summed E-state index contributed by atoms with van der Waals surface area (Å²) in [7, 11) is 0. The van der Waals surface area contributed by atoms with E-state index in [0.29, 0.717) is 18.1 Å². The smallest absolute Gasteiger partial charge is 0.356 e. The first-order valence-corrected chi connectivity index (χ1v) is 7.02. The average molecular weight is 308 g/mol. The number of ketones is 1. The third-order valence-corrected chi connectivity index (χ3v) is 3.87. The monoisotopic (exact) mass is 308 g/mol. The predicted octanol–water partition coefficient (Wildman–Crippen LogP) is 2.84. The lowest BCUT2D eigenvalue weighted by molar-refractivity contribution is 0.0687. The molecule has 7 heteroatoms. The molecule has 2 aromatic rings. The maximum atomic E-state index is 12.8. The number of Topliss-reactive ketones (excluding diaryl/α,β-unsaturated/α-hetero) is 1. The van der Waals surface area contributed by atoms with Gasteiger partial charge in [-0.2, -0.15) is 0 Å². The number of carbonyl (C=O) groups excluding carboxylic acids is 1. The van der Waals surface area contributed by atoms with Gasteiger partial charge in [0, 0.05) is 13.5 Å². The largest absolute Gasteiger partial charge is 0.476 e. The molecule has 110 valence electrons. The Morgan fingerprint density at radius 2 is 2.00 bits per heavy atom. The molecule has 1 aromatic heterocycles. The van der Waals surface area contributed by atoms with Crippen molar-refractivity contribution in [2.45, 2.75) is 13.3 Å². The highest BCUT2D eigenvalue weighted by Crippen LogP contribution is 2.23. The Morgan fingerprint density at radius 1 is 1.33 bits per heavy atom. The summed E-state index contributed by atoms with van der Waals surface area (Å²) in [6.07, 6.45) is 0.637. The van der Waals surface area contributed by atoms with Crippen LogP contribution in [0.3, 0.4) is 0 Å². The first kappa shape index (κ1) is 15.1. The number of nitrogens with zero attached hydrogens (tertiary/aromatic N) is 1. The number of nitrogens with one attached hydrogen (secondary N) is 1. The SMILES string of the molecule is CC(=O)c1sc(NCCc2ccc(F)cc2)nc1C(=O)O. The van der Waals surface area contributed by atoms with Crippen molar-refractivity contribution in [3.05, 3.63) is 46.2 Å². The second-order valence-corrected chi connectivity index (χ2v) is 5.36. The van der Waals surface area contributed by atoms with E-state index in [4.69, 9.17) is 5.11 Å². The molecule has 1 heterocycles. The summed E-state index contributed by atoms with van der Waals surface area (Å²) >= 11 is 1.02. The third-order valence-electron chi connectivity index (χ3n) is 2.75. The molecular weight excluding hydrogens is 295 g/mol. The number of carbonyl (C=O) groups is 2. The van der Waals surface area contributed by atoms with Crippen LogP contribution in [0.15, 0.2) is 24.3 Å². The zero-order chi connectivity index (χ0) is 15.4. The summed E-state index contributed by atoms with van der Waals surface area (Å²) in [4.78, 5) is 26.4. The quantitative estimate of drug-likeness (QED) is 0.802. The summed E-state index contributed by atoms with van der Waals surface area (Å²) in [6, 6.07) is 6.13. The highest BCUT2D eigenvalue weighted by atomic mass is 32.1. The van der Waals surface area contributed by atoms with Crippen molar-refractivity contribution < 1.29 is 19.1 Å². The molecule has 0 aliphatic heterocycles. The van der Waals surface area contributed by atoms with Crippen molar-refractivity contribution in [3.63, 3.8) is 0 Å². The fourth-order valence-electron chi connectivity index (χ4n) is 1.74. The van der Waals surface area contributed by atoms with E-state index in [9.17, 15) is 14.0 Å². The molecule has 0 unspecified atom stereocenters. The van der Waals surface area contributed by atoms with E-state index in [1.165, 1.54) is 19.1 Å². The Hall–Kier alpha value is -2.28. The van der Waals surface area contributed by atoms with Crippen molar-refractivity contribution >= 4 is 28.2 Å². The van der Waals surface area contributed by atoms with Crippen molar-refractivity contribution in [3.8, 4) is 0 Å². The molecule has 0 aliphatic rings. The zero-order valence-electron chi connectivity index (χ0n) is 11.2. The topological polar surface area (TPSA) is 79.3 Å². The van der Waals surface area contributed by atoms with E-state index >= 15 is 0 Å². The highest BCUT2D eigenvalue weighted by molar-refractivity contribution is 7.17. The van der Waals surface area contributed by atoms with Gasteiger partial charge in [0.2, 0.25) is 0 Å². The number of carboxylic acids is 1. The molecule has 0 spiro atoms. The number of anilines is 1. The Kier molecular flexibility index (Phi) is 4.64. The van der Waals surface area contributed by atoms with Crippen LogP contribution in [-0.4, -0.2) is 28.4 Å². The van der Waals surface area contributed by atoms with Gasteiger partial charge in [0.15, 0.2) is 16.6 Å². The number of hydrogen-bond acceptors (Lipinski definition) is 5. The van der Waals surface area contributed by atoms with Crippen molar-refractivity contribution in [1.29, 1.82) is 0 Å². The van der Waals surface area contributed by atoms with Crippen LogP contribution < -0.4 is 5.32 Å². The fraction of sp³-hybridized carbons (Fsp3) is 0.214. The van der Waals surface area contributed by atoms with Crippen LogP contribution in [0.4, 0.5) is 9.52 Å². The van der Waals surface area contributed by atoms with E-state index in [-0.39, 0.29) is 22.2 Å². The van der Waals surface area contributed by atoms with Crippen LogP contribution in [0.2, 0.25) is 0 Å². The van der Waals surface area contributed by atoms with Crippen LogP contribution in [0.5, 0.6) is 0 Å². The van der Waals surface area contributed by atoms with Gasteiger partial charge in [-0.15, -0.1) is 0 Å². The van der Waals surface area contributed by atoms with Gasteiger partial charge >= 0.3 is 5.97 Å². The number of aromatic nitrogens is 1. The minimum atomic E-state index is -1.22. The molecule has 1 aromatic carbocycles. The number of halogens is 1.